The number of halogens is 2. The van der Waals surface area contributed by atoms with Gasteiger partial charge in [0.15, 0.2) is 0 Å². The maximum Gasteiger partial charge on any atom is 0.335 e. The molecule has 2 amide bonds. The van der Waals surface area contributed by atoms with Crippen molar-refractivity contribution >= 4 is 58.7 Å². The molecule has 0 spiro atoms. The lowest BCUT2D eigenvalue weighted by atomic mass is 10.0. The zero-order valence-electron chi connectivity index (χ0n) is 29.6. The van der Waals surface area contributed by atoms with E-state index in [0.717, 1.165) is 18.4 Å². The van der Waals surface area contributed by atoms with Gasteiger partial charge in [-0.15, -0.1) is 0 Å². The van der Waals surface area contributed by atoms with Gasteiger partial charge in [0.25, 0.3) is 0 Å². The molecule has 11 nitrogen and oxygen atoms in total. The standard InChI is InChI=1S/C39H44Cl2N4O7S/c1-3-4-20-45-24-34(30-18-13-27(40)23-31(30)41)44-37(45)33(43-36(47)8-6-5-7-35(46)42-32(39(50)51)19-21-53-2)22-25-9-14-28(15-10-25)52-29-16-11-26(12-17-29)38(48)49/h9-18,23-24,32-33H,3-8,19-22H2,1-2H3,(H,42,46)(H,43,47)(H,48,49)(H,50,51)/t32?,33-/m0/s1. The summed E-state index contributed by atoms with van der Waals surface area (Å²) in [6.45, 7) is 2.77. The molecule has 4 N–H and O–H groups in total. The fraction of sp³-hybridized carbons (Fsp3) is 0.359. The molecule has 4 aromatic rings. The molecule has 0 saturated carbocycles. The minimum Gasteiger partial charge on any atom is -0.480 e. The number of aliphatic carboxylic acids is 1. The quantitative estimate of drug-likeness (QED) is 0.0609. The number of thioether (sulfide) groups is 1. The molecule has 0 saturated heterocycles. The molecule has 3 aromatic carbocycles. The van der Waals surface area contributed by atoms with Crippen LogP contribution in [0.1, 0.15) is 79.7 Å². The zero-order chi connectivity index (χ0) is 38.3. The molecule has 1 unspecified atom stereocenters. The second-order valence-corrected chi connectivity index (χ2v) is 14.3. The van der Waals surface area contributed by atoms with E-state index in [1.807, 2.05) is 47.4 Å². The summed E-state index contributed by atoms with van der Waals surface area (Å²) in [6.07, 6.45) is 7.53. The van der Waals surface area contributed by atoms with Crippen molar-refractivity contribution in [1.29, 1.82) is 0 Å². The molecule has 2 atom stereocenters. The molecule has 0 aliphatic heterocycles. The van der Waals surface area contributed by atoms with Crippen molar-refractivity contribution in [3.05, 3.63) is 99.9 Å². The predicted octanol–water partition coefficient (Wildman–Crippen LogP) is 8.43. The van der Waals surface area contributed by atoms with E-state index in [-0.39, 0.29) is 30.2 Å². The Morgan fingerprint density at radius 1 is 0.887 bits per heavy atom. The number of hydrogen-bond donors (Lipinski definition) is 4. The largest absolute Gasteiger partial charge is 0.480 e. The zero-order valence-corrected chi connectivity index (χ0v) is 32.0. The maximum atomic E-state index is 13.4. The molecule has 0 radical (unpaired) electrons. The van der Waals surface area contributed by atoms with Crippen molar-refractivity contribution in [2.75, 3.05) is 12.0 Å². The molecular formula is C39H44Cl2N4O7S. The van der Waals surface area contributed by atoms with Crippen LogP contribution >= 0.6 is 35.0 Å². The van der Waals surface area contributed by atoms with E-state index >= 15 is 0 Å². The summed E-state index contributed by atoms with van der Waals surface area (Å²) >= 11 is 14.3. The third kappa shape index (κ3) is 12.8. The monoisotopic (exact) mass is 782 g/mol. The van der Waals surface area contributed by atoms with E-state index in [2.05, 4.69) is 17.6 Å². The minimum atomic E-state index is -1.06. The number of carboxylic acid groups (broad SMARTS) is 2. The van der Waals surface area contributed by atoms with Gasteiger partial charge in [-0.3, -0.25) is 9.59 Å². The van der Waals surface area contributed by atoms with Crippen LogP contribution < -0.4 is 15.4 Å². The summed E-state index contributed by atoms with van der Waals surface area (Å²) < 4.78 is 7.97. The van der Waals surface area contributed by atoms with Crippen LogP contribution in [0.25, 0.3) is 11.3 Å². The number of aromatic nitrogens is 2. The third-order valence-electron chi connectivity index (χ3n) is 8.42. The molecule has 1 heterocycles. The van der Waals surface area contributed by atoms with Crippen LogP contribution in [0.4, 0.5) is 0 Å². The van der Waals surface area contributed by atoms with E-state index < -0.39 is 24.0 Å². The Kier molecular flexibility index (Phi) is 16.1. The Balaban J connectivity index is 1.51. The van der Waals surface area contributed by atoms with Gasteiger partial charge in [-0.2, -0.15) is 11.8 Å². The summed E-state index contributed by atoms with van der Waals surface area (Å²) in [6, 6.07) is 17.3. The SMILES string of the molecule is CCCCn1cc(-c2ccc(Cl)cc2Cl)nc1[C@H](Cc1ccc(Oc2ccc(C(=O)O)cc2)cc1)NC(=O)CCCCC(=O)NC(CCSC)C(=O)O. The van der Waals surface area contributed by atoms with Crippen LogP contribution in [-0.2, 0) is 27.3 Å². The van der Waals surface area contributed by atoms with Gasteiger partial charge >= 0.3 is 11.9 Å². The van der Waals surface area contributed by atoms with E-state index in [1.54, 1.807) is 24.3 Å². The summed E-state index contributed by atoms with van der Waals surface area (Å²) in [5, 5.41) is 25.3. The summed E-state index contributed by atoms with van der Waals surface area (Å²) in [5.41, 5.74) is 2.44. The topological polar surface area (TPSA) is 160 Å². The minimum absolute atomic E-state index is 0.116. The van der Waals surface area contributed by atoms with Crippen LogP contribution in [-0.4, -0.2) is 61.6 Å². The Bertz CT molecular complexity index is 1850. The number of aromatic carboxylic acids is 1. The molecule has 1 aromatic heterocycles. The summed E-state index contributed by atoms with van der Waals surface area (Å²) in [7, 11) is 0. The molecule has 0 aliphatic rings. The van der Waals surface area contributed by atoms with Crippen LogP contribution in [0.5, 0.6) is 11.5 Å². The number of nitrogens with zero attached hydrogens (tertiary/aromatic N) is 2. The first kappa shape index (κ1) is 41.2. The highest BCUT2D eigenvalue weighted by Gasteiger charge is 2.24. The number of carbonyl (C=O) groups excluding carboxylic acids is 2. The van der Waals surface area contributed by atoms with Gasteiger partial charge in [-0.1, -0.05) is 48.7 Å². The number of aryl methyl sites for hydroxylation is 1. The van der Waals surface area contributed by atoms with Crippen molar-refractivity contribution in [3.63, 3.8) is 0 Å². The number of carboxylic acids is 2. The fourth-order valence-corrected chi connectivity index (χ4v) is 6.55. The van der Waals surface area contributed by atoms with Crippen molar-refractivity contribution in [2.24, 2.45) is 0 Å². The summed E-state index contributed by atoms with van der Waals surface area (Å²) in [5.74, 6) is -0.309. The molecule has 4 rings (SSSR count). The van der Waals surface area contributed by atoms with E-state index in [4.69, 9.17) is 38.0 Å². The highest BCUT2D eigenvalue weighted by molar-refractivity contribution is 7.98. The van der Waals surface area contributed by atoms with Gasteiger partial charge in [-0.05, 0) is 104 Å². The second kappa shape index (κ2) is 20.6. The second-order valence-electron chi connectivity index (χ2n) is 12.5. The molecule has 53 heavy (non-hydrogen) atoms. The Morgan fingerprint density at radius 3 is 2.11 bits per heavy atom. The van der Waals surface area contributed by atoms with Crippen LogP contribution in [0.2, 0.25) is 10.0 Å². The van der Waals surface area contributed by atoms with E-state index in [1.165, 1.54) is 23.9 Å². The van der Waals surface area contributed by atoms with Gasteiger partial charge in [0.2, 0.25) is 11.8 Å². The molecule has 0 aliphatic carbocycles. The first-order chi connectivity index (χ1) is 25.5. The Morgan fingerprint density at radius 2 is 1.53 bits per heavy atom. The number of nitrogens with one attached hydrogen (secondary N) is 2. The average molecular weight is 784 g/mol. The van der Waals surface area contributed by atoms with Crippen LogP contribution in [0.15, 0.2) is 72.9 Å². The number of carbonyl (C=O) groups is 4. The molecule has 282 valence electrons. The van der Waals surface area contributed by atoms with Crippen molar-refractivity contribution < 1.29 is 34.1 Å². The number of rotatable bonds is 21. The van der Waals surface area contributed by atoms with Crippen LogP contribution in [0.3, 0.4) is 0 Å². The number of ether oxygens (including phenoxy) is 1. The lowest BCUT2D eigenvalue weighted by Gasteiger charge is -2.20. The van der Waals surface area contributed by atoms with Gasteiger partial charge in [-0.25, -0.2) is 14.6 Å². The van der Waals surface area contributed by atoms with Gasteiger partial charge < -0.3 is 30.2 Å². The van der Waals surface area contributed by atoms with Crippen molar-refractivity contribution in [3.8, 4) is 22.8 Å². The number of imidazole rings is 1. The van der Waals surface area contributed by atoms with Crippen molar-refractivity contribution in [2.45, 2.75) is 76.9 Å². The van der Waals surface area contributed by atoms with Gasteiger partial charge in [0, 0.05) is 36.2 Å². The number of benzene rings is 3. The Labute approximate surface area is 323 Å². The highest BCUT2D eigenvalue weighted by Crippen LogP contribution is 2.32. The van der Waals surface area contributed by atoms with Crippen LogP contribution in [0, 0.1) is 0 Å². The third-order valence-corrected chi connectivity index (χ3v) is 9.61. The smallest absolute Gasteiger partial charge is 0.335 e. The normalized spacial score (nSPS) is 12.2. The number of amides is 2. The first-order valence-electron chi connectivity index (χ1n) is 17.4. The fourth-order valence-electron chi connectivity index (χ4n) is 5.58. The lowest BCUT2D eigenvalue weighted by molar-refractivity contribution is -0.141. The molecular weight excluding hydrogens is 739 g/mol. The van der Waals surface area contributed by atoms with Crippen molar-refractivity contribution in [1.82, 2.24) is 20.2 Å². The highest BCUT2D eigenvalue weighted by atomic mass is 35.5. The average Bonchev–Trinajstić information content (AvgIpc) is 3.55. The first-order valence-corrected chi connectivity index (χ1v) is 19.6. The van der Waals surface area contributed by atoms with E-state index in [9.17, 15) is 24.3 Å². The maximum absolute atomic E-state index is 13.4. The van der Waals surface area contributed by atoms with E-state index in [0.29, 0.717) is 76.6 Å². The number of unbranched alkanes of at least 4 members (excludes halogenated alkanes) is 2. The molecule has 14 heteroatoms. The summed E-state index contributed by atoms with van der Waals surface area (Å²) in [4.78, 5) is 53.6. The Hall–Kier alpha value is -4.52. The number of hydrogen-bond acceptors (Lipinski definition) is 7. The van der Waals surface area contributed by atoms with Gasteiger partial charge in [0.05, 0.1) is 22.3 Å². The van der Waals surface area contributed by atoms with Gasteiger partial charge in [0.1, 0.15) is 23.4 Å². The molecule has 0 fully saturated rings. The molecule has 0 bridgehead atoms. The predicted molar refractivity (Wildman–Crippen MR) is 208 cm³/mol. The lowest BCUT2D eigenvalue weighted by Crippen LogP contribution is -2.41.